The Morgan fingerprint density at radius 1 is 0.955 bits per heavy atom. The molecule has 4 heteroatoms. The van der Waals surface area contributed by atoms with Crippen LogP contribution in [0, 0.1) is 0 Å². The predicted molar refractivity (Wildman–Crippen MR) is 87.4 cm³/mol. The van der Waals surface area contributed by atoms with Gasteiger partial charge in [-0.3, -0.25) is 5.10 Å². The van der Waals surface area contributed by atoms with E-state index in [0.29, 0.717) is 5.92 Å². The highest BCUT2D eigenvalue weighted by atomic mass is 16.3. The highest BCUT2D eigenvalue weighted by Gasteiger charge is 2.11. The molecular weight excluding hydrogens is 274 g/mol. The molecule has 22 heavy (non-hydrogen) atoms. The predicted octanol–water partition coefficient (Wildman–Crippen LogP) is 3.20. The number of aliphatic hydroxyl groups excluding tert-OH is 1. The van der Waals surface area contributed by atoms with Gasteiger partial charge in [0.15, 0.2) is 0 Å². The van der Waals surface area contributed by atoms with Gasteiger partial charge in [0.2, 0.25) is 0 Å². The smallest absolute Gasteiger partial charge is 0.0690 e. The second-order valence-electron chi connectivity index (χ2n) is 4.97. The molecule has 2 aromatic carbocycles. The van der Waals surface area contributed by atoms with Crippen LogP contribution >= 0.6 is 0 Å². The first-order chi connectivity index (χ1) is 10.9. The zero-order chi connectivity index (χ0) is 15.5. The van der Waals surface area contributed by atoms with Crippen LogP contribution in [-0.4, -0.2) is 27.1 Å². The monoisotopic (exact) mass is 295 g/mol. The Morgan fingerprint density at radius 3 is 2.14 bits per heavy atom. The molecule has 0 saturated heterocycles. The fraction of sp³-hybridized carbons (Fsp3) is 0.222. The van der Waals surface area contributed by atoms with Gasteiger partial charge in [-0.25, -0.2) is 0 Å². The van der Waals surface area contributed by atoms with Crippen molar-refractivity contribution in [3.05, 3.63) is 84.2 Å². The molecular formula is C18H21N3O. The third-order valence-electron chi connectivity index (χ3n) is 3.40. The van der Waals surface area contributed by atoms with Crippen molar-refractivity contribution in [2.45, 2.75) is 18.8 Å². The fourth-order valence-electron chi connectivity index (χ4n) is 2.33. The summed E-state index contributed by atoms with van der Waals surface area (Å²) in [6, 6.07) is 20.9. The fourth-order valence-corrected chi connectivity index (χ4v) is 2.33. The van der Waals surface area contributed by atoms with Gasteiger partial charge in [-0.05, 0) is 29.9 Å². The highest BCUT2D eigenvalue weighted by Crippen LogP contribution is 2.23. The first-order valence-electron chi connectivity index (χ1n) is 7.40. The van der Waals surface area contributed by atoms with E-state index in [1.165, 1.54) is 11.1 Å². The lowest BCUT2D eigenvalue weighted by molar-refractivity contribution is 0.275. The minimum Gasteiger partial charge on any atom is -0.396 e. The van der Waals surface area contributed by atoms with E-state index in [-0.39, 0.29) is 6.61 Å². The highest BCUT2D eigenvalue weighted by molar-refractivity contribution is 5.24. The van der Waals surface area contributed by atoms with E-state index in [1.807, 2.05) is 12.1 Å². The summed E-state index contributed by atoms with van der Waals surface area (Å²) in [6.45, 7) is 0.242. The summed E-state index contributed by atoms with van der Waals surface area (Å²) in [5.41, 5.74) is 2.64. The second-order valence-corrected chi connectivity index (χ2v) is 4.97. The van der Waals surface area contributed by atoms with Crippen molar-refractivity contribution in [3.8, 4) is 0 Å². The van der Waals surface area contributed by atoms with Gasteiger partial charge in [0.25, 0.3) is 0 Å². The Balaban J connectivity index is 0.000000299. The van der Waals surface area contributed by atoms with Crippen LogP contribution in [0.2, 0.25) is 0 Å². The third-order valence-corrected chi connectivity index (χ3v) is 3.40. The molecule has 0 spiro atoms. The zero-order valence-electron chi connectivity index (χ0n) is 12.5. The van der Waals surface area contributed by atoms with Crippen molar-refractivity contribution in [2.24, 2.45) is 0 Å². The molecule has 2 N–H and O–H groups in total. The van der Waals surface area contributed by atoms with E-state index in [0.717, 1.165) is 12.8 Å². The summed E-state index contributed by atoms with van der Waals surface area (Å²) in [6.07, 6.45) is 5.05. The molecule has 3 rings (SSSR count). The van der Waals surface area contributed by atoms with Crippen LogP contribution in [0.1, 0.15) is 23.5 Å². The number of hydrogen-bond acceptors (Lipinski definition) is 3. The van der Waals surface area contributed by atoms with Crippen molar-refractivity contribution < 1.29 is 5.11 Å². The average Bonchev–Trinajstić information content (AvgIpc) is 3.16. The number of nitrogens with one attached hydrogen (secondary N) is 1. The number of benzene rings is 2. The van der Waals surface area contributed by atoms with Gasteiger partial charge in [-0.1, -0.05) is 65.9 Å². The van der Waals surface area contributed by atoms with E-state index < -0.39 is 0 Å². The number of aromatic amines is 1. The van der Waals surface area contributed by atoms with Crippen LogP contribution in [0.4, 0.5) is 0 Å². The molecule has 0 radical (unpaired) electrons. The molecule has 1 aromatic heterocycles. The second kappa shape index (κ2) is 9.47. The van der Waals surface area contributed by atoms with Gasteiger partial charge in [0.1, 0.15) is 0 Å². The zero-order valence-corrected chi connectivity index (χ0v) is 12.5. The van der Waals surface area contributed by atoms with Gasteiger partial charge in [-0.2, -0.15) is 0 Å². The number of rotatable bonds is 5. The summed E-state index contributed by atoms with van der Waals surface area (Å²) >= 11 is 0. The van der Waals surface area contributed by atoms with Crippen molar-refractivity contribution >= 4 is 0 Å². The van der Waals surface area contributed by atoms with Gasteiger partial charge in [0, 0.05) is 12.8 Å². The molecule has 1 heterocycles. The summed E-state index contributed by atoms with van der Waals surface area (Å²) in [5, 5.41) is 18.4. The maximum Gasteiger partial charge on any atom is 0.0690 e. The number of aromatic nitrogens is 3. The lowest BCUT2D eigenvalue weighted by Crippen LogP contribution is -2.05. The Kier molecular flexibility index (Phi) is 6.85. The van der Waals surface area contributed by atoms with Crippen molar-refractivity contribution in [1.29, 1.82) is 0 Å². The van der Waals surface area contributed by atoms with E-state index >= 15 is 0 Å². The van der Waals surface area contributed by atoms with E-state index in [2.05, 4.69) is 63.9 Å². The third kappa shape index (κ3) is 5.50. The number of aliphatic hydroxyl groups is 1. The van der Waals surface area contributed by atoms with Crippen LogP contribution in [0.25, 0.3) is 0 Å². The van der Waals surface area contributed by atoms with Gasteiger partial charge in [-0.15, -0.1) is 5.10 Å². The largest absolute Gasteiger partial charge is 0.396 e. The summed E-state index contributed by atoms with van der Waals surface area (Å²) in [5.74, 6) is 0.406. The van der Waals surface area contributed by atoms with Crippen molar-refractivity contribution in [1.82, 2.24) is 15.4 Å². The number of nitrogens with zero attached hydrogens (tertiary/aromatic N) is 2. The molecule has 1 atom stereocenters. The maximum atomic E-state index is 9.18. The molecule has 0 aliphatic rings. The van der Waals surface area contributed by atoms with E-state index in [9.17, 15) is 5.11 Å². The quantitative estimate of drug-likeness (QED) is 0.760. The molecule has 4 nitrogen and oxygen atoms in total. The van der Waals surface area contributed by atoms with Crippen molar-refractivity contribution in [2.75, 3.05) is 6.61 Å². The van der Waals surface area contributed by atoms with Crippen LogP contribution in [0.15, 0.2) is 73.1 Å². The number of hydrogen-bond donors (Lipinski definition) is 2. The molecule has 1 unspecified atom stereocenters. The van der Waals surface area contributed by atoms with Gasteiger partial charge < -0.3 is 5.11 Å². The van der Waals surface area contributed by atoms with Crippen LogP contribution in [-0.2, 0) is 6.42 Å². The number of H-pyrrole nitrogens is 1. The summed E-state index contributed by atoms with van der Waals surface area (Å²) in [7, 11) is 0. The van der Waals surface area contributed by atoms with Gasteiger partial charge in [0.05, 0.1) is 6.20 Å². The minimum absolute atomic E-state index is 0.242. The molecule has 0 saturated carbocycles. The molecule has 0 fully saturated rings. The Hall–Kier alpha value is -2.46. The SMILES string of the molecule is OCCC(Cc1ccccc1)c1ccccc1.c1c[nH]nn1. The molecule has 0 amide bonds. The topological polar surface area (TPSA) is 61.8 Å². The summed E-state index contributed by atoms with van der Waals surface area (Å²) in [4.78, 5) is 0. The Bertz CT molecular complexity index is 580. The first kappa shape index (κ1) is 15.9. The standard InChI is InChI=1S/C16H18O.C2H3N3/c17-12-11-16(15-9-5-2-6-10-15)13-14-7-3-1-4-8-14;1-2-4-5-3-1/h1-10,16-17H,11-13H2;1-2H,(H,3,4,5). The average molecular weight is 295 g/mol. The van der Waals surface area contributed by atoms with E-state index in [1.54, 1.807) is 12.4 Å². The van der Waals surface area contributed by atoms with Gasteiger partial charge >= 0.3 is 0 Å². The Morgan fingerprint density at radius 2 is 1.64 bits per heavy atom. The molecule has 114 valence electrons. The van der Waals surface area contributed by atoms with E-state index in [4.69, 9.17) is 0 Å². The molecule has 0 bridgehead atoms. The van der Waals surface area contributed by atoms with Crippen LogP contribution < -0.4 is 0 Å². The molecule has 0 aliphatic heterocycles. The lowest BCUT2D eigenvalue weighted by Gasteiger charge is -2.16. The Labute approximate surface area is 130 Å². The summed E-state index contributed by atoms with van der Waals surface area (Å²) < 4.78 is 0. The minimum atomic E-state index is 0.242. The maximum absolute atomic E-state index is 9.18. The molecule has 3 aromatic rings. The first-order valence-corrected chi connectivity index (χ1v) is 7.40. The normalized spacial score (nSPS) is 11.3. The van der Waals surface area contributed by atoms with Crippen LogP contribution in [0.5, 0.6) is 0 Å². The molecule has 0 aliphatic carbocycles. The van der Waals surface area contributed by atoms with Crippen molar-refractivity contribution in [3.63, 3.8) is 0 Å². The lowest BCUT2D eigenvalue weighted by atomic mass is 9.89. The van der Waals surface area contributed by atoms with Crippen LogP contribution in [0.3, 0.4) is 0 Å².